The molecule has 1 nitrogen and oxygen atoms in total. The molecule has 2 heteroatoms. The lowest BCUT2D eigenvalue weighted by molar-refractivity contribution is 0.411. The van der Waals surface area contributed by atoms with Gasteiger partial charge in [0.1, 0.15) is 5.82 Å². The van der Waals surface area contributed by atoms with Gasteiger partial charge >= 0.3 is 0 Å². The number of rotatable bonds is 2. The molecule has 1 saturated carbocycles. The van der Waals surface area contributed by atoms with Crippen molar-refractivity contribution < 1.29 is 4.39 Å². The maximum absolute atomic E-state index is 13.4. The van der Waals surface area contributed by atoms with Gasteiger partial charge in [0.2, 0.25) is 0 Å². The molecular weight excluding hydrogens is 201 g/mol. The second kappa shape index (κ2) is 3.85. The third-order valence-corrected chi connectivity index (χ3v) is 3.99. The lowest BCUT2D eigenvalue weighted by Crippen LogP contribution is -2.34. The molecule has 1 fully saturated rings. The average molecular weight is 219 g/mol. The van der Waals surface area contributed by atoms with Crippen LogP contribution < -0.4 is 5.32 Å². The summed E-state index contributed by atoms with van der Waals surface area (Å²) >= 11 is 0. The van der Waals surface area contributed by atoms with Crippen molar-refractivity contribution in [1.29, 1.82) is 0 Å². The summed E-state index contributed by atoms with van der Waals surface area (Å²) in [5.41, 5.74) is 2.60. The Balaban J connectivity index is 2.02. The molecule has 0 amide bonds. The smallest absolute Gasteiger partial charge is 0.123 e. The second-order valence-corrected chi connectivity index (χ2v) is 5.10. The SMILES string of the molecule is CCC1CNC(C2CC2)c2cc(F)ccc21. The number of halogens is 1. The van der Waals surface area contributed by atoms with Gasteiger partial charge in [0.05, 0.1) is 0 Å². The number of nitrogens with one attached hydrogen (secondary N) is 1. The van der Waals surface area contributed by atoms with E-state index in [0.717, 1.165) is 18.9 Å². The van der Waals surface area contributed by atoms with Crippen LogP contribution in [0, 0.1) is 11.7 Å². The Bertz CT molecular complexity index is 398. The van der Waals surface area contributed by atoms with Gasteiger partial charge in [0.25, 0.3) is 0 Å². The summed E-state index contributed by atoms with van der Waals surface area (Å²) in [6.45, 7) is 3.26. The number of fused-ring (bicyclic) bond motifs is 1. The van der Waals surface area contributed by atoms with E-state index in [-0.39, 0.29) is 5.82 Å². The van der Waals surface area contributed by atoms with E-state index in [1.165, 1.54) is 24.0 Å². The van der Waals surface area contributed by atoms with Crippen molar-refractivity contribution in [2.75, 3.05) is 6.54 Å². The zero-order valence-electron chi connectivity index (χ0n) is 9.67. The van der Waals surface area contributed by atoms with Crippen LogP contribution in [0.2, 0.25) is 0 Å². The Labute approximate surface area is 96.1 Å². The molecule has 1 heterocycles. The van der Waals surface area contributed by atoms with Crippen LogP contribution in [0.3, 0.4) is 0 Å². The Morgan fingerprint density at radius 3 is 2.81 bits per heavy atom. The van der Waals surface area contributed by atoms with Crippen LogP contribution in [0.4, 0.5) is 4.39 Å². The first kappa shape index (κ1) is 10.3. The van der Waals surface area contributed by atoms with Crippen molar-refractivity contribution in [3.05, 3.63) is 35.1 Å². The van der Waals surface area contributed by atoms with Crippen molar-refractivity contribution >= 4 is 0 Å². The Morgan fingerprint density at radius 1 is 1.31 bits per heavy atom. The summed E-state index contributed by atoms with van der Waals surface area (Å²) < 4.78 is 13.4. The molecule has 1 N–H and O–H groups in total. The van der Waals surface area contributed by atoms with Gasteiger partial charge in [-0.15, -0.1) is 0 Å². The molecule has 1 aliphatic heterocycles. The minimum Gasteiger partial charge on any atom is -0.309 e. The number of hydrogen-bond acceptors (Lipinski definition) is 1. The molecule has 0 saturated heterocycles. The molecule has 86 valence electrons. The summed E-state index contributed by atoms with van der Waals surface area (Å²) in [4.78, 5) is 0. The summed E-state index contributed by atoms with van der Waals surface area (Å²) in [7, 11) is 0. The van der Waals surface area contributed by atoms with E-state index in [1.807, 2.05) is 6.07 Å². The molecule has 0 aromatic heterocycles. The fourth-order valence-electron chi connectivity index (χ4n) is 2.89. The first-order valence-corrected chi connectivity index (χ1v) is 6.32. The van der Waals surface area contributed by atoms with Crippen molar-refractivity contribution in [3.8, 4) is 0 Å². The topological polar surface area (TPSA) is 12.0 Å². The Hall–Kier alpha value is -0.890. The monoisotopic (exact) mass is 219 g/mol. The highest BCUT2D eigenvalue weighted by Crippen LogP contribution is 2.45. The molecule has 1 aliphatic carbocycles. The largest absolute Gasteiger partial charge is 0.309 e. The van der Waals surface area contributed by atoms with E-state index in [1.54, 1.807) is 12.1 Å². The minimum atomic E-state index is -0.0945. The molecule has 16 heavy (non-hydrogen) atoms. The molecule has 3 rings (SSSR count). The molecule has 0 bridgehead atoms. The Morgan fingerprint density at radius 2 is 2.12 bits per heavy atom. The predicted octanol–water partition coefficient (Wildman–Crippen LogP) is 3.37. The highest BCUT2D eigenvalue weighted by Gasteiger charge is 2.36. The predicted molar refractivity (Wildman–Crippen MR) is 62.9 cm³/mol. The van der Waals surface area contributed by atoms with Crippen LogP contribution in [0.5, 0.6) is 0 Å². The third kappa shape index (κ3) is 1.65. The first-order valence-electron chi connectivity index (χ1n) is 6.32. The molecule has 1 aromatic rings. The third-order valence-electron chi connectivity index (χ3n) is 3.99. The maximum atomic E-state index is 13.4. The second-order valence-electron chi connectivity index (χ2n) is 5.10. The van der Waals surface area contributed by atoms with Crippen LogP contribution in [0.25, 0.3) is 0 Å². The fraction of sp³-hybridized carbons (Fsp3) is 0.571. The van der Waals surface area contributed by atoms with Crippen molar-refractivity contribution in [2.24, 2.45) is 5.92 Å². The van der Waals surface area contributed by atoms with Crippen LogP contribution in [0.15, 0.2) is 18.2 Å². The van der Waals surface area contributed by atoms with Gasteiger partial charge in [-0.2, -0.15) is 0 Å². The van der Waals surface area contributed by atoms with E-state index in [0.29, 0.717) is 12.0 Å². The lowest BCUT2D eigenvalue weighted by atomic mass is 9.83. The van der Waals surface area contributed by atoms with Crippen molar-refractivity contribution in [1.82, 2.24) is 5.32 Å². The zero-order valence-corrected chi connectivity index (χ0v) is 9.67. The normalized spacial score (nSPS) is 28.9. The van der Waals surface area contributed by atoms with Gasteiger partial charge in [-0.3, -0.25) is 0 Å². The zero-order chi connectivity index (χ0) is 11.1. The molecular formula is C14H18FN. The summed E-state index contributed by atoms with van der Waals surface area (Å²) in [5.74, 6) is 1.21. The molecule has 0 spiro atoms. The highest BCUT2D eigenvalue weighted by atomic mass is 19.1. The number of hydrogen-bond donors (Lipinski definition) is 1. The van der Waals surface area contributed by atoms with E-state index < -0.39 is 0 Å². The van der Waals surface area contributed by atoms with E-state index in [2.05, 4.69) is 12.2 Å². The van der Waals surface area contributed by atoms with E-state index >= 15 is 0 Å². The first-order chi connectivity index (χ1) is 7.79. The van der Waals surface area contributed by atoms with Gasteiger partial charge in [0, 0.05) is 12.6 Å². The fourth-order valence-corrected chi connectivity index (χ4v) is 2.89. The lowest BCUT2D eigenvalue weighted by Gasteiger charge is -2.32. The van der Waals surface area contributed by atoms with Gasteiger partial charge < -0.3 is 5.32 Å². The van der Waals surface area contributed by atoms with Crippen LogP contribution in [0.1, 0.15) is 49.3 Å². The molecule has 2 unspecified atom stereocenters. The quantitative estimate of drug-likeness (QED) is 0.804. The Kier molecular flexibility index (Phi) is 2.47. The summed E-state index contributed by atoms with van der Waals surface area (Å²) in [6, 6.07) is 5.76. The molecule has 1 aromatic carbocycles. The van der Waals surface area contributed by atoms with Crippen molar-refractivity contribution in [3.63, 3.8) is 0 Å². The molecule has 0 radical (unpaired) electrons. The van der Waals surface area contributed by atoms with Gasteiger partial charge in [0.15, 0.2) is 0 Å². The van der Waals surface area contributed by atoms with Gasteiger partial charge in [-0.05, 0) is 54.4 Å². The van der Waals surface area contributed by atoms with E-state index in [4.69, 9.17) is 0 Å². The maximum Gasteiger partial charge on any atom is 0.123 e. The van der Waals surface area contributed by atoms with Gasteiger partial charge in [-0.1, -0.05) is 13.0 Å². The van der Waals surface area contributed by atoms with Crippen molar-refractivity contribution in [2.45, 2.75) is 38.1 Å². The van der Waals surface area contributed by atoms with Crippen LogP contribution in [-0.2, 0) is 0 Å². The van der Waals surface area contributed by atoms with Gasteiger partial charge in [-0.25, -0.2) is 4.39 Å². The number of benzene rings is 1. The minimum absolute atomic E-state index is 0.0945. The average Bonchev–Trinajstić information content (AvgIpc) is 3.11. The summed E-state index contributed by atoms with van der Waals surface area (Å²) in [5, 5.41) is 3.60. The summed E-state index contributed by atoms with van der Waals surface area (Å²) in [6.07, 6.45) is 3.72. The van der Waals surface area contributed by atoms with Crippen LogP contribution in [-0.4, -0.2) is 6.54 Å². The standard InChI is InChI=1S/C14H18FN/c1-2-9-8-16-14(10-3-4-10)13-7-11(15)5-6-12(9)13/h5-7,9-10,14,16H,2-4,8H2,1H3. The van der Waals surface area contributed by atoms with Crippen LogP contribution >= 0.6 is 0 Å². The van der Waals surface area contributed by atoms with E-state index in [9.17, 15) is 4.39 Å². The highest BCUT2D eigenvalue weighted by molar-refractivity contribution is 5.37. The molecule has 2 atom stereocenters. The molecule has 2 aliphatic rings.